The fraction of sp³-hybridized carbons (Fsp3) is 1.00. The van der Waals surface area contributed by atoms with Crippen molar-refractivity contribution in [1.29, 1.82) is 0 Å². The molecule has 18 heavy (non-hydrogen) atoms. The van der Waals surface area contributed by atoms with Crippen LogP contribution in [0.2, 0.25) is 0 Å². The fourth-order valence-corrected chi connectivity index (χ4v) is 4.52. The monoisotopic (exact) mass is 251 g/mol. The summed E-state index contributed by atoms with van der Waals surface area (Å²) in [7, 11) is 0. The first-order chi connectivity index (χ1) is 8.43. The molecule has 0 heterocycles. The van der Waals surface area contributed by atoms with E-state index < -0.39 is 0 Å². The smallest absolute Gasteiger partial charge is 0.00461 e. The molecule has 2 aliphatic rings. The third-order valence-corrected chi connectivity index (χ3v) is 6.13. The topological polar surface area (TPSA) is 26.0 Å². The Morgan fingerprint density at radius 2 is 1.78 bits per heavy atom. The van der Waals surface area contributed by atoms with E-state index in [1.807, 2.05) is 0 Å². The summed E-state index contributed by atoms with van der Waals surface area (Å²) in [5, 5.41) is 0. The summed E-state index contributed by atoms with van der Waals surface area (Å²) in [4.78, 5) is 0. The minimum atomic E-state index is 0.558. The third-order valence-electron chi connectivity index (χ3n) is 6.13. The van der Waals surface area contributed by atoms with E-state index >= 15 is 0 Å². The summed E-state index contributed by atoms with van der Waals surface area (Å²) in [6.45, 7) is 10.7. The van der Waals surface area contributed by atoms with Crippen molar-refractivity contribution in [3.63, 3.8) is 0 Å². The van der Waals surface area contributed by atoms with Gasteiger partial charge in [0.2, 0.25) is 0 Å². The second-order valence-electron chi connectivity index (χ2n) is 8.09. The molecular formula is C17H33N. The van der Waals surface area contributed by atoms with E-state index in [0.29, 0.717) is 5.41 Å². The quantitative estimate of drug-likeness (QED) is 0.770. The Balaban J connectivity index is 2.04. The molecule has 5 atom stereocenters. The Bertz CT molecular complexity index is 271. The second kappa shape index (κ2) is 5.53. The Morgan fingerprint density at radius 1 is 1.06 bits per heavy atom. The Hall–Kier alpha value is -0.0400. The lowest BCUT2D eigenvalue weighted by atomic mass is 9.59. The van der Waals surface area contributed by atoms with Crippen molar-refractivity contribution in [1.82, 2.24) is 0 Å². The van der Waals surface area contributed by atoms with E-state index in [2.05, 4.69) is 27.7 Å². The van der Waals surface area contributed by atoms with E-state index in [-0.39, 0.29) is 0 Å². The molecule has 2 aliphatic carbocycles. The molecule has 0 amide bonds. The maximum absolute atomic E-state index is 6.05. The van der Waals surface area contributed by atoms with Gasteiger partial charge in [-0.3, -0.25) is 0 Å². The highest BCUT2D eigenvalue weighted by molar-refractivity contribution is 4.91. The van der Waals surface area contributed by atoms with Gasteiger partial charge in [0.25, 0.3) is 0 Å². The second-order valence-corrected chi connectivity index (χ2v) is 8.09. The van der Waals surface area contributed by atoms with Gasteiger partial charge >= 0.3 is 0 Å². The molecule has 0 aliphatic heterocycles. The molecule has 0 radical (unpaired) electrons. The van der Waals surface area contributed by atoms with Crippen LogP contribution in [0.3, 0.4) is 0 Å². The summed E-state index contributed by atoms with van der Waals surface area (Å²) in [5.41, 5.74) is 6.61. The van der Waals surface area contributed by atoms with Crippen molar-refractivity contribution in [2.75, 3.05) is 6.54 Å². The molecule has 0 saturated heterocycles. The van der Waals surface area contributed by atoms with Crippen LogP contribution < -0.4 is 5.73 Å². The molecule has 2 rings (SSSR count). The SMILES string of the molecule is CC1CCC(C2CC(C)(C)CCC2CN)CC1C. The normalized spacial score (nSPS) is 44.8. The van der Waals surface area contributed by atoms with Crippen LogP contribution in [0.15, 0.2) is 0 Å². The predicted octanol–water partition coefficient (Wildman–Crippen LogP) is 4.46. The van der Waals surface area contributed by atoms with Gasteiger partial charge < -0.3 is 5.73 Å². The van der Waals surface area contributed by atoms with E-state index in [0.717, 1.165) is 36.1 Å². The molecule has 2 N–H and O–H groups in total. The third kappa shape index (κ3) is 3.10. The molecule has 0 bridgehead atoms. The van der Waals surface area contributed by atoms with Crippen molar-refractivity contribution in [2.45, 2.75) is 66.2 Å². The van der Waals surface area contributed by atoms with Crippen molar-refractivity contribution >= 4 is 0 Å². The lowest BCUT2D eigenvalue weighted by molar-refractivity contribution is 0.0415. The number of hydrogen-bond acceptors (Lipinski definition) is 1. The molecule has 5 unspecified atom stereocenters. The van der Waals surface area contributed by atoms with Crippen LogP contribution in [-0.4, -0.2) is 6.54 Å². The van der Waals surface area contributed by atoms with Crippen molar-refractivity contribution in [3.8, 4) is 0 Å². The highest BCUT2D eigenvalue weighted by Gasteiger charge is 2.40. The summed E-state index contributed by atoms with van der Waals surface area (Å²) in [6.07, 6.45) is 8.53. The zero-order valence-corrected chi connectivity index (χ0v) is 12.9. The predicted molar refractivity (Wildman–Crippen MR) is 79.3 cm³/mol. The Kier molecular flexibility index (Phi) is 4.41. The van der Waals surface area contributed by atoms with Crippen LogP contribution >= 0.6 is 0 Å². The molecule has 0 aromatic heterocycles. The van der Waals surface area contributed by atoms with E-state index in [1.54, 1.807) is 0 Å². The van der Waals surface area contributed by atoms with E-state index in [9.17, 15) is 0 Å². The maximum Gasteiger partial charge on any atom is -0.00461 e. The molecule has 0 aromatic carbocycles. The lowest BCUT2D eigenvalue weighted by Crippen LogP contribution is -2.40. The van der Waals surface area contributed by atoms with Crippen LogP contribution in [0, 0.1) is 35.0 Å². The number of hydrogen-bond donors (Lipinski definition) is 1. The van der Waals surface area contributed by atoms with Crippen molar-refractivity contribution in [3.05, 3.63) is 0 Å². The lowest BCUT2D eigenvalue weighted by Gasteiger charge is -2.47. The molecule has 2 saturated carbocycles. The minimum absolute atomic E-state index is 0.558. The van der Waals surface area contributed by atoms with Gasteiger partial charge in [-0.05, 0) is 73.7 Å². The average molecular weight is 251 g/mol. The fourth-order valence-electron chi connectivity index (χ4n) is 4.52. The number of nitrogens with two attached hydrogens (primary N) is 1. The van der Waals surface area contributed by atoms with Crippen LogP contribution in [0.1, 0.15) is 66.2 Å². The van der Waals surface area contributed by atoms with Gasteiger partial charge in [-0.2, -0.15) is 0 Å². The summed E-state index contributed by atoms with van der Waals surface area (Å²) >= 11 is 0. The first-order valence-electron chi connectivity index (χ1n) is 8.13. The zero-order chi connectivity index (χ0) is 13.3. The van der Waals surface area contributed by atoms with Gasteiger partial charge in [-0.15, -0.1) is 0 Å². The van der Waals surface area contributed by atoms with Gasteiger partial charge in [-0.1, -0.05) is 34.1 Å². The Morgan fingerprint density at radius 3 is 2.39 bits per heavy atom. The molecule has 2 fully saturated rings. The molecule has 0 spiro atoms. The molecule has 1 nitrogen and oxygen atoms in total. The highest BCUT2D eigenvalue weighted by atomic mass is 14.6. The number of rotatable bonds is 2. The van der Waals surface area contributed by atoms with Crippen LogP contribution in [0.4, 0.5) is 0 Å². The molecule has 106 valence electrons. The average Bonchev–Trinajstić information content (AvgIpc) is 2.32. The molecule has 1 heteroatoms. The van der Waals surface area contributed by atoms with Crippen molar-refractivity contribution in [2.24, 2.45) is 40.7 Å². The largest absolute Gasteiger partial charge is 0.330 e. The Labute approximate surface area is 114 Å². The van der Waals surface area contributed by atoms with Gasteiger partial charge in [0.1, 0.15) is 0 Å². The van der Waals surface area contributed by atoms with Crippen LogP contribution in [-0.2, 0) is 0 Å². The van der Waals surface area contributed by atoms with E-state index in [4.69, 9.17) is 5.73 Å². The molecule has 0 aromatic rings. The summed E-state index contributed by atoms with van der Waals surface area (Å²) in [6, 6.07) is 0. The van der Waals surface area contributed by atoms with Crippen molar-refractivity contribution < 1.29 is 0 Å². The summed E-state index contributed by atoms with van der Waals surface area (Å²) in [5.74, 6) is 4.54. The van der Waals surface area contributed by atoms with E-state index in [1.165, 1.54) is 38.5 Å². The minimum Gasteiger partial charge on any atom is -0.330 e. The van der Waals surface area contributed by atoms with Crippen LogP contribution in [0.25, 0.3) is 0 Å². The van der Waals surface area contributed by atoms with Crippen LogP contribution in [0.5, 0.6) is 0 Å². The van der Waals surface area contributed by atoms with Gasteiger partial charge in [0.15, 0.2) is 0 Å². The highest BCUT2D eigenvalue weighted by Crippen LogP contribution is 2.49. The first-order valence-corrected chi connectivity index (χ1v) is 8.13. The zero-order valence-electron chi connectivity index (χ0n) is 12.9. The van der Waals surface area contributed by atoms with Gasteiger partial charge in [0, 0.05) is 0 Å². The summed E-state index contributed by atoms with van der Waals surface area (Å²) < 4.78 is 0. The standard InChI is InChI=1S/C17H33N/c1-12-5-6-14(9-13(12)2)16-10-17(3,4)8-7-15(16)11-18/h12-16H,5-11,18H2,1-4H3. The molecular weight excluding hydrogens is 218 g/mol. The first kappa shape index (κ1) is 14.4. The van der Waals surface area contributed by atoms with Gasteiger partial charge in [0.05, 0.1) is 0 Å². The van der Waals surface area contributed by atoms with Gasteiger partial charge in [-0.25, -0.2) is 0 Å². The maximum atomic E-state index is 6.05.